The molecule has 1 aromatic carbocycles. The molecule has 1 aromatic heterocycles. The van der Waals surface area contributed by atoms with Gasteiger partial charge in [-0.1, -0.05) is 17.7 Å². The zero-order chi connectivity index (χ0) is 15.5. The first-order chi connectivity index (χ1) is 9.75. The Kier molecular flexibility index (Phi) is 2.94. The van der Waals surface area contributed by atoms with Crippen LogP contribution in [0.1, 0.15) is 4.88 Å². The Morgan fingerprint density at radius 2 is 2.05 bits per heavy atom. The number of nitrogens with zero attached hydrogens (tertiary/aromatic N) is 1. The maximum Gasteiger partial charge on any atom is 0.357 e. The lowest BCUT2D eigenvalue weighted by atomic mass is 10.2. The Labute approximate surface area is 128 Å². The van der Waals surface area contributed by atoms with Crippen molar-refractivity contribution in [3.05, 3.63) is 33.8 Å². The van der Waals surface area contributed by atoms with Gasteiger partial charge in [0.2, 0.25) is 0 Å². The van der Waals surface area contributed by atoms with Gasteiger partial charge in [-0.2, -0.15) is 0 Å². The number of hydrogen-bond acceptors (Lipinski definition) is 5. The number of thiophene rings is 1. The monoisotopic (exact) mass is 345 g/mol. The van der Waals surface area contributed by atoms with Crippen molar-refractivity contribution in [2.45, 2.75) is 4.90 Å². The summed E-state index contributed by atoms with van der Waals surface area (Å²) in [6, 6.07) is 4.65. The lowest BCUT2D eigenvalue weighted by Crippen LogP contribution is -2.34. The molecule has 1 aliphatic heterocycles. The summed E-state index contributed by atoms with van der Waals surface area (Å²) in [4.78, 5) is 11.1. The van der Waals surface area contributed by atoms with Gasteiger partial charge in [-0.15, -0.1) is 11.3 Å². The van der Waals surface area contributed by atoms with Crippen LogP contribution in [0.25, 0.3) is 15.8 Å². The van der Waals surface area contributed by atoms with Crippen LogP contribution in [0, 0.1) is 0 Å². The van der Waals surface area contributed by atoms with Gasteiger partial charge < -0.3 is 10.2 Å². The topological polar surface area (TPSA) is 94.9 Å². The molecule has 0 unspecified atom stereocenters. The van der Waals surface area contributed by atoms with Gasteiger partial charge in [0.05, 0.1) is 4.88 Å². The molecule has 0 aliphatic carbocycles. The molecular formula is C12H8ClNO5S2. The van der Waals surface area contributed by atoms with E-state index in [2.05, 4.69) is 0 Å². The number of halogens is 1. The van der Waals surface area contributed by atoms with E-state index in [1.54, 1.807) is 12.1 Å². The average molecular weight is 346 g/mol. The Morgan fingerprint density at radius 1 is 1.38 bits per heavy atom. The number of carbonyl (C=O) groups is 1. The molecular weight excluding hydrogens is 338 g/mol. The van der Waals surface area contributed by atoms with E-state index in [1.165, 1.54) is 6.07 Å². The molecule has 9 heteroatoms. The Bertz CT molecular complexity index is 929. The lowest BCUT2D eigenvalue weighted by Gasteiger charge is -2.25. The predicted molar refractivity (Wildman–Crippen MR) is 79.0 cm³/mol. The van der Waals surface area contributed by atoms with E-state index in [0.717, 1.165) is 18.4 Å². The number of aliphatic hydroxyl groups is 1. The van der Waals surface area contributed by atoms with Gasteiger partial charge in [-0.05, 0) is 12.1 Å². The number of carboxylic acids is 1. The number of aliphatic carboxylic acids is 1. The number of aliphatic hydroxyl groups excluding tert-OH is 1. The van der Waals surface area contributed by atoms with E-state index in [4.69, 9.17) is 16.7 Å². The third-order valence-electron chi connectivity index (χ3n) is 3.18. The normalized spacial score (nSPS) is 17.1. The molecule has 110 valence electrons. The number of rotatable bonds is 1. The number of likely N-dealkylation sites (N-methyl/N-ethyl adjacent to an activating group) is 1. The maximum absolute atomic E-state index is 12.5. The summed E-state index contributed by atoms with van der Waals surface area (Å²) in [5.74, 6) is -2.08. The minimum Gasteiger partial charge on any atom is -0.504 e. The second-order valence-corrected chi connectivity index (χ2v) is 7.77. The van der Waals surface area contributed by atoms with Crippen LogP contribution in [0.4, 0.5) is 0 Å². The van der Waals surface area contributed by atoms with Gasteiger partial charge in [-0.3, -0.25) is 4.31 Å². The first kappa shape index (κ1) is 14.2. The van der Waals surface area contributed by atoms with E-state index in [-0.39, 0.29) is 9.77 Å². The summed E-state index contributed by atoms with van der Waals surface area (Å²) in [5.41, 5.74) is -0.667. The third-order valence-corrected chi connectivity index (χ3v) is 6.55. The predicted octanol–water partition coefficient (Wildman–Crippen LogP) is 2.50. The molecule has 21 heavy (non-hydrogen) atoms. The van der Waals surface area contributed by atoms with Crippen LogP contribution < -0.4 is 0 Å². The molecule has 3 rings (SSSR count). The van der Waals surface area contributed by atoms with Crippen LogP contribution in [-0.4, -0.2) is 36.0 Å². The van der Waals surface area contributed by atoms with E-state index >= 15 is 0 Å². The number of carboxylic acid groups (broad SMARTS) is 1. The highest BCUT2D eigenvalue weighted by atomic mass is 35.5. The molecule has 0 radical (unpaired) electrons. The first-order valence-electron chi connectivity index (χ1n) is 5.63. The van der Waals surface area contributed by atoms with Crippen molar-refractivity contribution in [1.29, 1.82) is 0 Å². The summed E-state index contributed by atoms with van der Waals surface area (Å²) in [6.07, 6.45) is 0. The molecule has 0 amide bonds. The zero-order valence-electron chi connectivity index (χ0n) is 10.5. The standard InChI is InChI=1S/C12H8ClNO5S2/c1-14-8(12(16)17)9(15)10-11(21(14,18)19)6-3-2-5(13)4-7(6)20-10/h2-4,15H,1H3,(H,16,17). The van der Waals surface area contributed by atoms with Crippen LogP contribution in [0.3, 0.4) is 0 Å². The van der Waals surface area contributed by atoms with Gasteiger partial charge >= 0.3 is 5.97 Å². The molecule has 0 saturated heterocycles. The second-order valence-electron chi connectivity index (χ2n) is 4.38. The SMILES string of the molecule is CN1C(C(=O)O)=C(O)c2sc3cc(Cl)ccc3c2S1(=O)=O. The molecule has 2 aromatic rings. The lowest BCUT2D eigenvalue weighted by molar-refractivity contribution is -0.133. The maximum atomic E-state index is 12.5. The van der Waals surface area contributed by atoms with E-state index in [1.807, 2.05) is 0 Å². The molecule has 2 heterocycles. The number of benzene rings is 1. The summed E-state index contributed by atoms with van der Waals surface area (Å²) in [5, 5.41) is 20.1. The molecule has 0 fully saturated rings. The number of sulfonamides is 1. The molecule has 2 N–H and O–H groups in total. The molecule has 0 saturated carbocycles. The Hall–Kier alpha value is -1.77. The van der Waals surface area contributed by atoms with Gasteiger partial charge in [-0.25, -0.2) is 13.2 Å². The van der Waals surface area contributed by atoms with Crippen molar-refractivity contribution >= 4 is 54.8 Å². The molecule has 0 atom stereocenters. The number of fused-ring (bicyclic) bond motifs is 3. The van der Waals surface area contributed by atoms with Crippen molar-refractivity contribution in [2.24, 2.45) is 0 Å². The quantitative estimate of drug-likeness (QED) is 0.828. The summed E-state index contributed by atoms with van der Waals surface area (Å²) < 4.78 is 26.2. The van der Waals surface area contributed by atoms with Crippen LogP contribution in [0.2, 0.25) is 5.02 Å². The van der Waals surface area contributed by atoms with Crippen molar-refractivity contribution < 1.29 is 23.4 Å². The van der Waals surface area contributed by atoms with Gasteiger partial charge in [0.15, 0.2) is 11.5 Å². The van der Waals surface area contributed by atoms with Crippen LogP contribution in [-0.2, 0) is 14.8 Å². The van der Waals surface area contributed by atoms with Crippen LogP contribution in [0.15, 0.2) is 28.8 Å². The fraction of sp³-hybridized carbons (Fsp3) is 0.0833. The minimum atomic E-state index is -4.04. The van der Waals surface area contributed by atoms with Crippen LogP contribution >= 0.6 is 22.9 Å². The van der Waals surface area contributed by atoms with Gasteiger partial charge in [0.1, 0.15) is 4.90 Å². The first-order valence-corrected chi connectivity index (χ1v) is 8.26. The largest absolute Gasteiger partial charge is 0.504 e. The van der Waals surface area contributed by atoms with Crippen molar-refractivity contribution in [1.82, 2.24) is 4.31 Å². The summed E-state index contributed by atoms with van der Waals surface area (Å²) in [7, 11) is -2.95. The van der Waals surface area contributed by atoms with Crippen LogP contribution in [0.5, 0.6) is 0 Å². The number of hydrogen-bond donors (Lipinski definition) is 2. The smallest absolute Gasteiger partial charge is 0.357 e. The van der Waals surface area contributed by atoms with Crippen molar-refractivity contribution in [3.63, 3.8) is 0 Å². The summed E-state index contributed by atoms with van der Waals surface area (Å²) in [6.45, 7) is 0. The molecule has 1 aliphatic rings. The third kappa shape index (κ3) is 1.83. The average Bonchev–Trinajstić information content (AvgIpc) is 2.76. The van der Waals surface area contributed by atoms with Gasteiger partial charge in [0, 0.05) is 22.2 Å². The van der Waals surface area contributed by atoms with Gasteiger partial charge in [0.25, 0.3) is 10.0 Å². The van der Waals surface area contributed by atoms with Crippen molar-refractivity contribution in [2.75, 3.05) is 7.05 Å². The zero-order valence-corrected chi connectivity index (χ0v) is 12.9. The minimum absolute atomic E-state index is 0.0165. The molecule has 0 bridgehead atoms. The summed E-state index contributed by atoms with van der Waals surface area (Å²) >= 11 is 6.86. The highest BCUT2D eigenvalue weighted by Gasteiger charge is 2.40. The Balaban J connectivity index is 2.50. The van der Waals surface area contributed by atoms with E-state index in [0.29, 0.717) is 19.4 Å². The molecule has 0 spiro atoms. The van der Waals surface area contributed by atoms with E-state index < -0.39 is 27.4 Å². The highest BCUT2D eigenvalue weighted by Crippen LogP contribution is 2.44. The fourth-order valence-electron chi connectivity index (χ4n) is 2.21. The second kappa shape index (κ2) is 4.36. The molecule has 6 nitrogen and oxygen atoms in total. The van der Waals surface area contributed by atoms with E-state index in [9.17, 15) is 18.3 Å². The van der Waals surface area contributed by atoms with Crippen molar-refractivity contribution in [3.8, 4) is 0 Å². The Morgan fingerprint density at radius 3 is 2.67 bits per heavy atom. The fourth-order valence-corrected chi connectivity index (χ4v) is 5.50. The highest BCUT2D eigenvalue weighted by molar-refractivity contribution is 7.89.